The van der Waals surface area contributed by atoms with Crippen LogP contribution in [0.5, 0.6) is 5.75 Å². The molecule has 0 saturated heterocycles. The Balaban J connectivity index is 2.34. The molecule has 23 heavy (non-hydrogen) atoms. The zero-order chi connectivity index (χ0) is 16.6. The minimum Gasteiger partial charge on any atom is -0.495 e. The Morgan fingerprint density at radius 3 is 2.52 bits per heavy atom. The third-order valence-corrected chi connectivity index (χ3v) is 3.68. The highest BCUT2D eigenvalue weighted by atomic mass is 35.5. The van der Waals surface area contributed by atoms with Crippen molar-refractivity contribution in [2.24, 2.45) is 0 Å². The van der Waals surface area contributed by atoms with Gasteiger partial charge >= 0.3 is 5.97 Å². The smallest absolute Gasteiger partial charge is 0.357 e. The van der Waals surface area contributed by atoms with Crippen LogP contribution < -0.4 is 10.3 Å². The van der Waals surface area contributed by atoms with Gasteiger partial charge in [0.15, 0.2) is 5.69 Å². The minimum atomic E-state index is -1.21. The molecule has 1 heterocycles. The summed E-state index contributed by atoms with van der Waals surface area (Å²) in [4.78, 5) is 24.1. The summed E-state index contributed by atoms with van der Waals surface area (Å²) in [5.74, 6) is -0.766. The summed E-state index contributed by atoms with van der Waals surface area (Å²) in [6.07, 6.45) is 0. The van der Waals surface area contributed by atoms with Crippen LogP contribution in [0.15, 0.2) is 47.3 Å². The number of carbonyl (C=O) groups is 1. The van der Waals surface area contributed by atoms with Gasteiger partial charge in [0.05, 0.1) is 23.2 Å². The van der Waals surface area contributed by atoms with E-state index in [1.165, 1.54) is 13.2 Å². The van der Waals surface area contributed by atoms with Crippen molar-refractivity contribution in [3.8, 4) is 11.4 Å². The highest BCUT2D eigenvalue weighted by Crippen LogP contribution is 2.26. The van der Waals surface area contributed by atoms with E-state index in [4.69, 9.17) is 16.3 Å². The molecular weight excluding hydrogens is 320 g/mol. The van der Waals surface area contributed by atoms with Crippen molar-refractivity contribution in [2.45, 2.75) is 0 Å². The number of rotatable bonds is 3. The van der Waals surface area contributed by atoms with Gasteiger partial charge in [0.2, 0.25) is 0 Å². The quantitative estimate of drug-likeness (QED) is 0.798. The number of carboxylic acid groups (broad SMARTS) is 1. The van der Waals surface area contributed by atoms with E-state index < -0.39 is 11.5 Å². The Morgan fingerprint density at radius 1 is 1.22 bits per heavy atom. The number of benzene rings is 2. The molecule has 0 aliphatic rings. The third kappa shape index (κ3) is 2.53. The summed E-state index contributed by atoms with van der Waals surface area (Å²) < 4.78 is 6.09. The molecule has 6 nitrogen and oxygen atoms in total. The Bertz CT molecular complexity index is 981. The van der Waals surface area contributed by atoms with Gasteiger partial charge in [-0.15, -0.1) is 0 Å². The minimum absolute atomic E-state index is 0.202. The van der Waals surface area contributed by atoms with Crippen LogP contribution in [0.2, 0.25) is 5.02 Å². The molecule has 0 fully saturated rings. The highest BCUT2D eigenvalue weighted by molar-refractivity contribution is 6.32. The zero-order valence-electron chi connectivity index (χ0n) is 12.0. The van der Waals surface area contributed by atoms with Crippen LogP contribution in [0.4, 0.5) is 0 Å². The molecule has 3 rings (SSSR count). The van der Waals surface area contributed by atoms with E-state index in [9.17, 15) is 14.7 Å². The normalized spacial score (nSPS) is 10.7. The van der Waals surface area contributed by atoms with Crippen LogP contribution in [-0.2, 0) is 0 Å². The van der Waals surface area contributed by atoms with Crippen LogP contribution in [0.1, 0.15) is 10.5 Å². The second-order valence-electron chi connectivity index (χ2n) is 4.74. The number of ether oxygens (including phenoxy) is 1. The molecule has 2 aromatic carbocycles. The first-order valence-electron chi connectivity index (χ1n) is 6.62. The summed E-state index contributed by atoms with van der Waals surface area (Å²) in [7, 11) is 1.48. The van der Waals surface area contributed by atoms with E-state index in [2.05, 4.69) is 5.10 Å². The molecule has 0 atom stereocenters. The van der Waals surface area contributed by atoms with E-state index in [1.54, 1.807) is 36.4 Å². The Hall–Kier alpha value is -2.86. The lowest BCUT2D eigenvalue weighted by molar-refractivity contribution is 0.0691. The van der Waals surface area contributed by atoms with Crippen molar-refractivity contribution in [3.63, 3.8) is 0 Å². The van der Waals surface area contributed by atoms with Crippen molar-refractivity contribution < 1.29 is 14.6 Å². The molecule has 0 aliphatic heterocycles. The van der Waals surface area contributed by atoms with Gasteiger partial charge in [-0.2, -0.15) is 9.78 Å². The fourth-order valence-corrected chi connectivity index (χ4v) is 2.56. The van der Waals surface area contributed by atoms with Crippen LogP contribution in [0.3, 0.4) is 0 Å². The van der Waals surface area contributed by atoms with E-state index in [0.29, 0.717) is 21.8 Å². The molecule has 1 aromatic heterocycles. The van der Waals surface area contributed by atoms with Gasteiger partial charge in [0, 0.05) is 5.39 Å². The number of methoxy groups -OCH3 is 1. The van der Waals surface area contributed by atoms with E-state index >= 15 is 0 Å². The maximum Gasteiger partial charge on any atom is 0.357 e. The summed E-state index contributed by atoms with van der Waals surface area (Å²) in [5.41, 5.74) is -0.270. The van der Waals surface area contributed by atoms with Crippen molar-refractivity contribution in [2.75, 3.05) is 7.11 Å². The lowest BCUT2D eigenvalue weighted by atomic mass is 10.1. The van der Waals surface area contributed by atoms with Gasteiger partial charge in [-0.3, -0.25) is 4.79 Å². The Morgan fingerprint density at radius 2 is 1.91 bits per heavy atom. The summed E-state index contributed by atoms with van der Waals surface area (Å²) in [6, 6.07) is 11.1. The van der Waals surface area contributed by atoms with Crippen molar-refractivity contribution >= 4 is 28.3 Å². The molecule has 0 radical (unpaired) electrons. The molecule has 0 unspecified atom stereocenters. The number of carboxylic acids is 1. The van der Waals surface area contributed by atoms with Gasteiger partial charge < -0.3 is 9.84 Å². The first-order chi connectivity index (χ1) is 11.0. The topological polar surface area (TPSA) is 81.4 Å². The fourth-order valence-electron chi connectivity index (χ4n) is 2.31. The van der Waals surface area contributed by atoms with Crippen LogP contribution in [0.25, 0.3) is 16.5 Å². The van der Waals surface area contributed by atoms with Gasteiger partial charge in [-0.05, 0) is 24.3 Å². The lowest BCUT2D eigenvalue weighted by Gasteiger charge is -2.10. The van der Waals surface area contributed by atoms with Crippen LogP contribution >= 0.6 is 11.6 Å². The molecule has 3 aromatic rings. The van der Waals surface area contributed by atoms with Gasteiger partial charge in [-0.1, -0.05) is 29.8 Å². The summed E-state index contributed by atoms with van der Waals surface area (Å²) >= 11 is 6.07. The van der Waals surface area contributed by atoms with Gasteiger partial charge in [0.25, 0.3) is 5.56 Å². The van der Waals surface area contributed by atoms with Crippen molar-refractivity contribution in [1.82, 2.24) is 9.78 Å². The maximum absolute atomic E-state index is 12.6. The number of aromatic nitrogens is 2. The molecule has 0 aliphatic carbocycles. The highest BCUT2D eigenvalue weighted by Gasteiger charge is 2.17. The van der Waals surface area contributed by atoms with Crippen LogP contribution in [0, 0.1) is 0 Å². The second-order valence-corrected chi connectivity index (χ2v) is 5.14. The average Bonchev–Trinajstić information content (AvgIpc) is 2.55. The van der Waals surface area contributed by atoms with E-state index in [0.717, 1.165) is 4.68 Å². The molecule has 0 spiro atoms. The third-order valence-electron chi connectivity index (χ3n) is 3.39. The van der Waals surface area contributed by atoms with E-state index in [-0.39, 0.29) is 11.1 Å². The average molecular weight is 331 g/mol. The molecule has 116 valence electrons. The maximum atomic E-state index is 12.6. The second kappa shape index (κ2) is 5.73. The van der Waals surface area contributed by atoms with Gasteiger partial charge in [0.1, 0.15) is 5.75 Å². The monoisotopic (exact) mass is 330 g/mol. The SMILES string of the molecule is COc1ccc(-n2nc(C(=O)O)c3ccccc3c2=O)cc1Cl. The van der Waals surface area contributed by atoms with E-state index in [1.807, 2.05) is 0 Å². The fraction of sp³-hybridized carbons (Fsp3) is 0.0625. The van der Waals surface area contributed by atoms with Crippen LogP contribution in [-0.4, -0.2) is 28.0 Å². The molecular formula is C16H11ClN2O4. The largest absolute Gasteiger partial charge is 0.495 e. The summed E-state index contributed by atoms with van der Waals surface area (Å²) in [6.45, 7) is 0. The number of hydrogen-bond donors (Lipinski definition) is 1. The number of fused-ring (bicyclic) bond motifs is 1. The standard InChI is InChI=1S/C16H11ClN2O4/c1-23-13-7-6-9(8-12(13)17)19-15(20)11-5-3-2-4-10(11)14(18-19)16(21)22/h2-8H,1H3,(H,21,22). The number of halogens is 1. The molecule has 1 N–H and O–H groups in total. The molecule has 0 amide bonds. The van der Waals surface area contributed by atoms with Crippen molar-refractivity contribution in [3.05, 3.63) is 63.5 Å². The van der Waals surface area contributed by atoms with Gasteiger partial charge in [-0.25, -0.2) is 4.79 Å². The lowest BCUT2D eigenvalue weighted by Crippen LogP contribution is -2.24. The number of aromatic carboxylic acids is 1. The first-order valence-corrected chi connectivity index (χ1v) is 7.00. The number of nitrogens with zero attached hydrogens (tertiary/aromatic N) is 2. The molecule has 0 saturated carbocycles. The summed E-state index contributed by atoms with van der Waals surface area (Å²) in [5, 5.41) is 14.2. The zero-order valence-corrected chi connectivity index (χ0v) is 12.7. The Labute approximate surface area is 135 Å². The Kier molecular flexibility index (Phi) is 3.75. The van der Waals surface area contributed by atoms with Crippen molar-refractivity contribution in [1.29, 1.82) is 0 Å². The molecule has 0 bridgehead atoms. The first kappa shape index (κ1) is 15.1. The predicted molar refractivity (Wildman–Crippen MR) is 85.9 cm³/mol. The predicted octanol–water partition coefficient (Wildman–Crippen LogP) is 2.75. The number of hydrogen-bond acceptors (Lipinski definition) is 4. The molecule has 7 heteroatoms.